The fourth-order valence-corrected chi connectivity index (χ4v) is 5.51. The van der Waals surface area contributed by atoms with Crippen LogP contribution in [-0.4, -0.2) is 53.8 Å². The molecule has 35 heavy (non-hydrogen) atoms. The Hall–Kier alpha value is -3.42. The van der Waals surface area contributed by atoms with E-state index in [2.05, 4.69) is 63.5 Å². The highest BCUT2D eigenvalue weighted by Crippen LogP contribution is 2.30. The molecule has 178 valence electrons. The number of anilines is 1. The molecule has 6 nitrogen and oxygen atoms in total. The van der Waals surface area contributed by atoms with Crippen molar-refractivity contribution in [1.29, 1.82) is 0 Å². The molecule has 1 unspecified atom stereocenters. The Bertz CT molecular complexity index is 1300. The van der Waals surface area contributed by atoms with E-state index in [4.69, 9.17) is 13.9 Å². The summed E-state index contributed by atoms with van der Waals surface area (Å²) in [4.78, 5) is 10.7. The van der Waals surface area contributed by atoms with Crippen molar-refractivity contribution in [2.75, 3.05) is 37.6 Å². The van der Waals surface area contributed by atoms with Crippen molar-refractivity contribution in [3.05, 3.63) is 90.0 Å². The Balaban J connectivity index is 0.981. The lowest BCUT2D eigenvalue weighted by atomic mass is 10.0. The van der Waals surface area contributed by atoms with Gasteiger partial charge in [0.05, 0.1) is 10.4 Å². The van der Waals surface area contributed by atoms with E-state index in [0.29, 0.717) is 6.61 Å². The first-order valence-electron chi connectivity index (χ1n) is 12.1. The van der Waals surface area contributed by atoms with Crippen molar-refractivity contribution in [2.24, 2.45) is 5.16 Å². The average Bonchev–Trinajstić information content (AvgIpc) is 3.56. The maximum atomic E-state index is 5.90. The van der Waals surface area contributed by atoms with Gasteiger partial charge in [0.15, 0.2) is 0 Å². The van der Waals surface area contributed by atoms with Crippen LogP contribution in [0.4, 0.5) is 5.82 Å². The first-order valence-corrected chi connectivity index (χ1v) is 12.9. The van der Waals surface area contributed by atoms with Crippen LogP contribution in [0, 0.1) is 0 Å². The summed E-state index contributed by atoms with van der Waals surface area (Å²) in [5.74, 6) is 1.99. The van der Waals surface area contributed by atoms with Crippen LogP contribution >= 0.6 is 11.5 Å². The molecule has 3 heterocycles. The SMILES string of the molecule is c1ccc(COc2ccc(C3=NOC(CN4CCN(c5nsc6ccccc56)CC4)C3)cc2)cc1. The average molecular weight is 485 g/mol. The minimum Gasteiger partial charge on any atom is -0.489 e. The van der Waals surface area contributed by atoms with Crippen molar-refractivity contribution < 1.29 is 9.57 Å². The lowest BCUT2D eigenvalue weighted by Crippen LogP contribution is -2.48. The lowest BCUT2D eigenvalue weighted by molar-refractivity contribution is 0.0510. The zero-order chi connectivity index (χ0) is 23.5. The highest BCUT2D eigenvalue weighted by atomic mass is 32.1. The molecular weight excluding hydrogens is 456 g/mol. The quantitative estimate of drug-likeness (QED) is 0.361. The fourth-order valence-electron chi connectivity index (χ4n) is 4.71. The summed E-state index contributed by atoms with van der Waals surface area (Å²) in [6.45, 7) is 5.45. The number of hydrogen-bond acceptors (Lipinski definition) is 7. The van der Waals surface area contributed by atoms with Crippen LogP contribution in [0.1, 0.15) is 17.5 Å². The van der Waals surface area contributed by atoms with E-state index in [0.717, 1.165) is 67.6 Å². The molecule has 0 spiro atoms. The number of benzene rings is 3. The molecule has 1 atom stereocenters. The van der Waals surface area contributed by atoms with E-state index in [-0.39, 0.29) is 6.10 Å². The monoisotopic (exact) mass is 484 g/mol. The van der Waals surface area contributed by atoms with Crippen LogP contribution in [0.25, 0.3) is 10.1 Å². The van der Waals surface area contributed by atoms with Crippen LogP contribution in [0.2, 0.25) is 0 Å². The van der Waals surface area contributed by atoms with E-state index in [1.807, 2.05) is 30.3 Å². The van der Waals surface area contributed by atoms with Gasteiger partial charge in [-0.05, 0) is 59.1 Å². The molecule has 1 saturated heterocycles. The molecule has 0 radical (unpaired) electrons. The van der Waals surface area contributed by atoms with Gasteiger partial charge in [0.1, 0.15) is 24.3 Å². The summed E-state index contributed by atoms with van der Waals surface area (Å²) < 4.78 is 11.9. The standard InChI is InChI=1S/C28H28N4O2S/c1-2-6-21(7-3-1)20-33-23-12-10-22(11-13-23)26-18-24(34-29-26)19-31-14-16-32(17-15-31)28-25-8-4-5-9-27(25)35-30-28/h1-13,24H,14-20H2. The van der Waals surface area contributed by atoms with E-state index in [1.54, 1.807) is 11.5 Å². The molecular formula is C28H28N4O2S. The summed E-state index contributed by atoms with van der Waals surface area (Å²) >= 11 is 1.59. The Morgan fingerprint density at radius 3 is 2.49 bits per heavy atom. The Morgan fingerprint density at radius 1 is 0.886 bits per heavy atom. The summed E-state index contributed by atoms with van der Waals surface area (Å²) in [5, 5.41) is 5.66. The minimum absolute atomic E-state index is 0.102. The summed E-state index contributed by atoms with van der Waals surface area (Å²) in [5.41, 5.74) is 3.27. The number of nitrogens with zero attached hydrogens (tertiary/aromatic N) is 4. The van der Waals surface area contributed by atoms with E-state index in [9.17, 15) is 0 Å². The molecule has 0 saturated carbocycles. The van der Waals surface area contributed by atoms with Gasteiger partial charge in [-0.1, -0.05) is 47.6 Å². The number of ether oxygens (including phenoxy) is 1. The second kappa shape index (κ2) is 10.1. The largest absolute Gasteiger partial charge is 0.489 e. The maximum absolute atomic E-state index is 5.90. The molecule has 2 aliphatic rings. The number of oxime groups is 1. The third-order valence-corrected chi connectivity index (χ3v) is 7.48. The van der Waals surface area contributed by atoms with Crippen molar-refractivity contribution in [3.8, 4) is 5.75 Å². The van der Waals surface area contributed by atoms with E-state index >= 15 is 0 Å². The summed E-state index contributed by atoms with van der Waals surface area (Å²) in [7, 11) is 0. The number of rotatable bonds is 7. The predicted octanol–water partition coefficient (Wildman–Crippen LogP) is 5.19. The zero-order valence-corrected chi connectivity index (χ0v) is 20.4. The van der Waals surface area contributed by atoms with Gasteiger partial charge in [-0.25, -0.2) is 0 Å². The number of fused-ring (bicyclic) bond motifs is 1. The van der Waals surface area contributed by atoms with E-state index in [1.165, 1.54) is 10.1 Å². The van der Waals surface area contributed by atoms with Crippen molar-refractivity contribution in [1.82, 2.24) is 9.27 Å². The molecule has 1 aromatic heterocycles. The van der Waals surface area contributed by atoms with Crippen LogP contribution < -0.4 is 9.64 Å². The Morgan fingerprint density at radius 2 is 1.66 bits per heavy atom. The topological polar surface area (TPSA) is 50.2 Å². The minimum atomic E-state index is 0.102. The van der Waals surface area contributed by atoms with E-state index < -0.39 is 0 Å². The van der Waals surface area contributed by atoms with Gasteiger partial charge in [0, 0.05) is 44.5 Å². The summed E-state index contributed by atoms with van der Waals surface area (Å²) in [6, 6.07) is 26.9. The molecule has 1 fully saturated rings. The van der Waals surface area contributed by atoms with Gasteiger partial charge in [-0.15, -0.1) is 0 Å². The normalized spacial score (nSPS) is 18.5. The van der Waals surface area contributed by atoms with Crippen molar-refractivity contribution in [3.63, 3.8) is 0 Å². The molecule has 7 heteroatoms. The van der Waals surface area contributed by atoms with Gasteiger partial charge in [0.2, 0.25) is 0 Å². The molecule has 2 aliphatic heterocycles. The predicted molar refractivity (Wildman–Crippen MR) is 142 cm³/mol. The Labute approximate surface area is 209 Å². The molecule has 6 rings (SSSR count). The van der Waals surface area contributed by atoms with Gasteiger partial charge in [-0.2, -0.15) is 4.37 Å². The lowest BCUT2D eigenvalue weighted by Gasteiger charge is -2.35. The number of aromatic nitrogens is 1. The van der Waals surface area contributed by atoms with Crippen LogP contribution in [-0.2, 0) is 11.4 Å². The van der Waals surface area contributed by atoms with Crippen LogP contribution in [0.15, 0.2) is 84.0 Å². The van der Waals surface area contributed by atoms with Gasteiger partial charge < -0.3 is 14.5 Å². The van der Waals surface area contributed by atoms with Gasteiger partial charge >= 0.3 is 0 Å². The van der Waals surface area contributed by atoms with Crippen LogP contribution in [0.5, 0.6) is 5.75 Å². The van der Waals surface area contributed by atoms with Gasteiger partial charge in [0.25, 0.3) is 0 Å². The Kier molecular flexibility index (Phi) is 6.34. The van der Waals surface area contributed by atoms with Crippen molar-refractivity contribution >= 4 is 33.1 Å². The van der Waals surface area contributed by atoms with Crippen molar-refractivity contribution in [2.45, 2.75) is 19.1 Å². The molecule has 3 aromatic carbocycles. The highest BCUT2D eigenvalue weighted by Gasteiger charge is 2.27. The second-order valence-corrected chi connectivity index (χ2v) is 9.86. The first-order chi connectivity index (χ1) is 17.3. The molecule has 4 aromatic rings. The van der Waals surface area contributed by atoms with Gasteiger partial charge in [-0.3, -0.25) is 4.90 Å². The smallest absolute Gasteiger partial charge is 0.150 e. The molecule has 0 amide bonds. The third kappa shape index (κ3) is 5.01. The maximum Gasteiger partial charge on any atom is 0.150 e. The fraction of sp³-hybridized carbons (Fsp3) is 0.286. The van der Waals surface area contributed by atoms with Crippen LogP contribution in [0.3, 0.4) is 0 Å². The molecule has 0 aliphatic carbocycles. The third-order valence-electron chi connectivity index (χ3n) is 6.66. The summed E-state index contributed by atoms with van der Waals surface area (Å²) in [6.07, 6.45) is 0.937. The second-order valence-electron chi connectivity index (χ2n) is 9.06. The zero-order valence-electron chi connectivity index (χ0n) is 19.5. The highest BCUT2D eigenvalue weighted by molar-refractivity contribution is 7.13. The molecule has 0 bridgehead atoms. The number of piperazine rings is 1. The number of hydrogen-bond donors (Lipinski definition) is 0. The molecule has 0 N–H and O–H groups in total. The first kappa shape index (κ1) is 22.1.